The molecule has 0 radical (unpaired) electrons. The zero-order valence-corrected chi connectivity index (χ0v) is 21.2. The Balaban J connectivity index is 2.82. The molecule has 3 amide bonds. The van der Waals surface area contributed by atoms with Gasteiger partial charge in [0.1, 0.15) is 0 Å². The number of rotatable bonds is 14. The topological polar surface area (TPSA) is 258 Å². The molecule has 0 aromatic rings. The molecule has 1 fully saturated rings. The van der Waals surface area contributed by atoms with Crippen LogP contribution in [0.4, 0.5) is 0 Å². The maximum absolute atomic E-state index is 12.4. The molecule has 0 bridgehead atoms. The molecule has 17 heteroatoms. The Morgan fingerprint density at radius 1 is 1.14 bits per heavy atom. The van der Waals surface area contributed by atoms with E-state index in [0.717, 1.165) is 10.2 Å². The molecule has 1 saturated heterocycles. The molecule has 0 spiro atoms. The van der Waals surface area contributed by atoms with Crippen molar-refractivity contribution in [2.45, 2.75) is 61.2 Å². The van der Waals surface area contributed by atoms with Crippen LogP contribution in [-0.2, 0) is 28.7 Å². The molecule has 0 aromatic heterocycles. The van der Waals surface area contributed by atoms with Crippen LogP contribution in [0.15, 0.2) is 0 Å². The van der Waals surface area contributed by atoms with Gasteiger partial charge in [0.15, 0.2) is 0 Å². The minimum atomic E-state index is -1.44. The van der Waals surface area contributed by atoms with E-state index in [-0.39, 0.29) is 18.6 Å². The third-order valence-electron chi connectivity index (χ3n) is 4.71. The van der Waals surface area contributed by atoms with E-state index >= 15 is 0 Å². The Hall–Kier alpha value is -1.98. The van der Waals surface area contributed by atoms with Gasteiger partial charge in [-0.1, -0.05) is 0 Å². The van der Waals surface area contributed by atoms with Crippen LogP contribution in [0.5, 0.6) is 0 Å². The zero-order chi connectivity index (χ0) is 26.7. The number of carboxylic acid groups (broad SMARTS) is 2. The average molecular weight is 589 g/mol. The predicted molar refractivity (Wildman–Crippen MR) is 121 cm³/mol. The summed E-state index contributed by atoms with van der Waals surface area (Å²) in [4.78, 5) is 57.7. The molecule has 0 aliphatic carbocycles. The van der Waals surface area contributed by atoms with E-state index in [9.17, 15) is 39.3 Å². The van der Waals surface area contributed by atoms with E-state index < -0.39 is 98.1 Å². The standard InChI is InChI=1S/C18H30N4O11SSe/c1-7(24)21-13-15(29)14(28)10(5-23)33-18(13)35-34-6-9(16(30)20-4-12(26)27)22-11(25)3-2-8(19)17(31)32/h8-10,13-15,18,23,28-29H,2-6,19H2,1H3,(H,20,30)(H,21,24)(H,22,25)(H,26,27)(H,31,32)/t8-,9-,10+,13+,14-,15+,18-/m0/s1. The van der Waals surface area contributed by atoms with Crippen LogP contribution in [0.1, 0.15) is 19.8 Å². The number of hydrogen-bond acceptors (Lipinski definition) is 11. The summed E-state index contributed by atoms with van der Waals surface area (Å²) in [6, 6.07) is -3.46. The molecule has 15 nitrogen and oxygen atoms in total. The van der Waals surface area contributed by atoms with Gasteiger partial charge in [0.25, 0.3) is 0 Å². The summed E-state index contributed by atoms with van der Waals surface area (Å²) < 4.78 is 5.62. The second-order valence-corrected chi connectivity index (χ2v) is 12.0. The van der Waals surface area contributed by atoms with Gasteiger partial charge < -0.3 is 0 Å². The number of aliphatic hydroxyl groups is 3. The summed E-state index contributed by atoms with van der Waals surface area (Å²) >= 11 is -0.622. The monoisotopic (exact) mass is 590 g/mol. The van der Waals surface area contributed by atoms with Crippen molar-refractivity contribution < 1.29 is 54.2 Å². The van der Waals surface area contributed by atoms with Crippen LogP contribution in [0.3, 0.4) is 0 Å². The van der Waals surface area contributed by atoms with Gasteiger partial charge >= 0.3 is 210 Å². The molecular formula is C18H30N4O11SSe. The number of aliphatic carboxylic acids is 2. The van der Waals surface area contributed by atoms with Crippen molar-refractivity contribution in [3.05, 3.63) is 0 Å². The first-order valence-corrected chi connectivity index (χ1v) is 14.3. The van der Waals surface area contributed by atoms with Crippen LogP contribution < -0.4 is 21.7 Å². The van der Waals surface area contributed by atoms with Crippen molar-refractivity contribution in [1.82, 2.24) is 16.0 Å². The van der Waals surface area contributed by atoms with Crippen LogP contribution in [0.2, 0.25) is 0 Å². The number of carbonyl (C=O) groups excluding carboxylic acids is 3. The van der Waals surface area contributed by atoms with Gasteiger partial charge in [-0.05, 0) is 0 Å². The molecule has 35 heavy (non-hydrogen) atoms. The number of nitrogens with two attached hydrogens (primary N) is 1. The fourth-order valence-electron chi connectivity index (χ4n) is 2.87. The molecule has 0 aromatic carbocycles. The molecular weight excluding hydrogens is 559 g/mol. The number of aliphatic hydroxyl groups excluding tert-OH is 3. The van der Waals surface area contributed by atoms with E-state index in [2.05, 4.69) is 16.0 Å². The van der Waals surface area contributed by atoms with Gasteiger partial charge in [-0.25, -0.2) is 0 Å². The second-order valence-electron chi connectivity index (χ2n) is 7.53. The zero-order valence-electron chi connectivity index (χ0n) is 18.7. The summed E-state index contributed by atoms with van der Waals surface area (Å²) in [5.41, 5.74) is 5.36. The summed E-state index contributed by atoms with van der Waals surface area (Å²) in [7, 11) is 1.12. The third kappa shape index (κ3) is 10.7. The molecule has 7 atom stereocenters. The molecule has 10 N–H and O–H groups in total. The van der Waals surface area contributed by atoms with Crippen LogP contribution >= 0.6 is 10.2 Å². The van der Waals surface area contributed by atoms with E-state index in [1.54, 1.807) is 0 Å². The van der Waals surface area contributed by atoms with E-state index in [1.165, 1.54) is 6.92 Å². The quantitative estimate of drug-likeness (QED) is 0.0863. The first-order valence-electron chi connectivity index (χ1n) is 10.3. The molecule has 1 rings (SSSR count). The van der Waals surface area contributed by atoms with Gasteiger partial charge in [-0.2, -0.15) is 0 Å². The fraction of sp³-hybridized carbons (Fsp3) is 0.722. The number of amides is 3. The minimum absolute atomic E-state index is 0.0583. The van der Waals surface area contributed by atoms with Crippen LogP contribution in [0, 0.1) is 0 Å². The van der Waals surface area contributed by atoms with Crippen molar-refractivity contribution >= 4 is 53.7 Å². The summed E-state index contributed by atoms with van der Waals surface area (Å²) in [6.45, 7) is -0.0659. The number of nitrogens with one attached hydrogen (secondary N) is 3. The molecule has 1 aliphatic rings. The fourth-order valence-corrected chi connectivity index (χ4v) is 7.63. The summed E-state index contributed by atoms with van der Waals surface area (Å²) in [5, 5.41) is 53.6. The summed E-state index contributed by atoms with van der Waals surface area (Å²) in [6.07, 6.45) is -4.44. The third-order valence-corrected chi connectivity index (χ3v) is 9.26. The van der Waals surface area contributed by atoms with E-state index in [4.69, 9.17) is 20.7 Å². The van der Waals surface area contributed by atoms with Gasteiger partial charge in [0, 0.05) is 0 Å². The van der Waals surface area contributed by atoms with Gasteiger partial charge in [-0.15, -0.1) is 0 Å². The summed E-state index contributed by atoms with van der Waals surface area (Å²) in [5.74, 6) is -4.61. The van der Waals surface area contributed by atoms with Crippen LogP contribution in [-0.4, -0.2) is 129 Å². The molecule has 0 saturated carbocycles. The second kappa shape index (κ2) is 15.2. The van der Waals surface area contributed by atoms with Gasteiger partial charge in [0.05, 0.1) is 0 Å². The van der Waals surface area contributed by atoms with Gasteiger partial charge in [-0.3, -0.25) is 0 Å². The molecule has 1 heterocycles. The van der Waals surface area contributed by atoms with Crippen molar-refractivity contribution in [2.24, 2.45) is 5.73 Å². The number of carboxylic acids is 2. The normalized spacial score (nSPS) is 25.7. The maximum atomic E-state index is 12.4. The van der Waals surface area contributed by atoms with E-state index in [1.807, 2.05) is 0 Å². The van der Waals surface area contributed by atoms with Crippen LogP contribution in [0.25, 0.3) is 0 Å². The number of ether oxygens (including phenoxy) is 1. The first kappa shape index (κ1) is 31.0. The SMILES string of the molecule is CC(=O)N[C@@H]1[C@@H](O)[C@@H](O)[C@@H](CO)O[C@H]1[Se]SC[C@H](NC(=O)CC[C@H](N)C(=O)O)C(=O)NCC(=O)O. The molecule has 200 valence electrons. The van der Waals surface area contributed by atoms with Crippen molar-refractivity contribution in [3.63, 3.8) is 0 Å². The molecule has 0 unspecified atom stereocenters. The Morgan fingerprint density at radius 2 is 1.80 bits per heavy atom. The average Bonchev–Trinajstić information content (AvgIpc) is 2.79. The van der Waals surface area contributed by atoms with Crippen molar-refractivity contribution in [3.8, 4) is 0 Å². The predicted octanol–water partition coefficient (Wildman–Crippen LogP) is -4.84. The Labute approximate surface area is 209 Å². The number of carbonyl (C=O) groups is 5. The first-order chi connectivity index (χ1) is 16.4. The Kier molecular flexibility index (Phi) is 13.5. The molecule has 1 aliphatic heterocycles. The van der Waals surface area contributed by atoms with Gasteiger partial charge in [0.2, 0.25) is 0 Å². The number of hydrogen-bond donors (Lipinski definition) is 9. The van der Waals surface area contributed by atoms with E-state index in [0.29, 0.717) is 0 Å². The van der Waals surface area contributed by atoms with Crippen molar-refractivity contribution in [2.75, 3.05) is 18.9 Å². The van der Waals surface area contributed by atoms with Crippen molar-refractivity contribution in [1.29, 1.82) is 0 Å². The Bertz CT molecular complexity index is 777. The Morgan fingerprint density at radius 3 is 2.34 bits per heavy atom.